The minimum Gasteiger partial charge on any atom is -0.492 e. The summed E-state index contributed by atoms with van der Waals surface area (Å²) in [5, 5.41) is 3.42. The molecule has 1 aromatic carbocycles. The SMILES string of the molecule is CC(C)NCc1ccc(OCCN2CCCC2C)cc1. The molecule has 1 aromatic rings. The van der Waals surface area contributed by atoms with Crippen LogP contribution < -0.4 is 10.1 Å². The van der Waals surface area contributed by atoms with Crippen LogP contribution in [0, 0.1) is 0 Å². The van der Waals surface area contributed by atoms with Gasteiger partial charge in [-0.1, -0.05) is 26.0 Å². The zero-order valence-electron chi connectivity index (χ0n) is 13.1. The van der Waals surface area contributed by atoms with Gasteiger partial charge in [0.1, 0.15) is 12.4 Å². The van der Waals surface area contributed by atoms with Crippen LogP contribution in [0.3, 0.4) is 0 Å². The summed E-state index contributed by atoms with van der Waals surface area (Å²) in [6.45, 7) is 10.6. The summed E-state index contributed by atoms with van der Waals surface area (Å²) in [5.41, 5.74) is 1.30. The van der Waals surface area contributed by atoms with Crippen molar-refractivity contribution in [2.75, 3.05) is 19.7 Å². The first-order valence-electron chi connectivity index (χ1n) is 7.84. The Labute approximate surface area is 123 Å². The van der Waals surface area contributed by atoms with E-state index in [1.165, 1.54) is 24.9 Å². The molecule has 1 unspecified atom stereocenters. The molecular weight excluding hydrogens is 248 g/mol. The van der Waals surface area contributed by atoms with Crippen molar-refractivity contribution in [3.05, 3.63) is 29.8 Å². The molecule has 1 fully saturated rings. The van der Waals surface area contributed by atoms with Crippen molar-refractivity contribution in [3.8, 4) is 5.75 Å². The lowest BCUT2D eigenvalue weighted by Gasteiger charge is -2.20. The van der Waals surface area contributed by atoms with Gasteiger partial charge in [0.25, 0.3) is 0 Å². The Morgan fingerprint density at radius 1 is 1.30 bits per heavy atom. The Hall–Kier alpha value is -1.06. The lowest BCUT2D eigenvalue weighted by molar-refractivity contribution is 0.204. The highest BCUT2D eigenvalue weighted by molar-refractivity contribution is 5.27. The average Bonchev–Trinajstić information content (AvgIpc) is 2.83. The Bertz CT molecular complexity index is 388. The van der Waals surface area contributed by atoms with Crippen molar-refractivity contribution in [1.29, 1.82) is 0 Å². The van der Waals surface area contributed by atoms with Crippen LogP contribution in [0.15, 0.2) is 24.3 Å². The molecule has 3 nitrogen and oxygen atoms in total. The second-order valence-electron chi connectivity index (χ2n) is 6.06. The highest BCUT2D eigenvalue weighted by Gasteiger charge is 2.19. The normalized spacial score (nSPS) is 19.7. The molecule has 1 atom stereocenters. The number of likely N-dealkylation sites (tertiary alicyclic amines) is 1. The molecule has 1 aliphatic rings. The second kappa shape index (κ2) is 7.65. The summed E-state index contributed by atoms with van der Waals surface area (Å²) in [4.78, 5) is 2.51. The van der Waals surface area contributed by atoms with Crippen LogP contribution in [0.1, 0.15) is 39.2 Å². The van der Waals surface area contributed by atoms with E-state index < -0.39 is 0 Å². The van der Waals surface area contributed by atoms with Gasteiger partial charge in [0.2, 0.25) is 0 Å². The second-order valence-corrected chi connectivity index (χ2v) is 6.06. The molecule has 3 heteroatoms. The molecule has 0 bridgehead atoms. The maximum absolute atomic E-state index is 5.83. The number of benzene rings is 1. The van der Waals surface area contributed by atoms with Crippen LogP contribution in [0.5, 0.6) is 5.75 Å². The maximum atomic E-state index is 5.83. The van der Waals surface area contributed by atoms with E-state index in [0.29, 0.717) is 6.04 Å². The van der Waals surface area contributed by atoms with Crippen molar-refractivity contribution < 1.29 is 4.74 Å². The molecule has 0 aliphatic carbocycles. The topological polar surface area (TPSA) is 24.5 Å². The zero-order chi connectivity index (χ0) is 14.4. The number of hydrogen-bond acceptors (Lipinski definition) is 3. The van der Waals surface area contributed by atoms with Gasteiger partial charge in [0.05, 0.1) is 0 Å². The van der Waals surface area contributed by atoms with E-state index in [1.54, 1.807) is 0 Å². The van der Waals surface area contributed by atoms with E-state index in [1.807, 2.05) is 0 Å². The van der Waals surface area contributed by atoms with E-state index in [0.717, 1.165) is 31.5 Å². The molecule has 0 amide bonds. The average molecular weight is 276 g/mol. The van der Waals surface area contributed by atoms with Gasteiger partial charge in [-0.2, -0.15) is 0 Å². The lowest BCUT2D eigenvalue weighted by Crippen LogP contribution is -2.31. The quantitative estimate of drug-likeness (QED) is 0.828. The molecule has 2 rings (SSSR count). The number of nitrogens with one attached hydrogen (secondary N) is 1. The first-order valence-corrected chi connectivity index (χ1v) is 7.84. The molecule has 0 saturated carbocycles. The fourth-order valence-corrected chi connectivity index (χ4v) is 2.63. The maximum Gasteiger partial charge on any atom is 0.119 e. The zero-order valence-corrected chi connectivity index (χ0v) is 13.1. The first-order chi connectivity index (χ1) is 9.65. The Kier molecular flexibility index (Phi) is 5.86. The number of ether oxygens (including phenoxy) is 1. The van der Waals surface area contributed by atoms with Crippen molar-refractivity contribution >= 4 is 0 Å². The predicted octanol–water partition coefficient (Wildman–Crippen LogP) is 3.05. The van der Waals surface area contributed by atoms with Gasteiger partial charge in [0, 0.05) is 25.2 Å². The number of hydrogen-bond donors (Lipinski definition) is 1. The van der Waals surface area contributed by atoms with Gasteiger partial charge < -0.3 is 10.1 Å². The molecule has 0 aromatic heterocycles. The van der Waals surface area contributed by atoms with Crippen molar-refractivity contribution in [2.24, 2.45) is 0 Å². The fraction of sp³-hybridized carbons (Fsp3) is 0.647. The molecular formula is C17H28N2O. The summed E-state index contributed by atoms with van der Waals surface area (Å²) < 4.78 is 5.83. The lowest BCUT2D eigenvalue weighted by atomic mass is 10.2. The van der Waals surface area contributed by atoms with Crippen LogP contribution in [0.4, 0.5) is 0 Å². The third-order valence-electron chi connectivity index (χ3n) is 3.98. The van der Waals surface area contributed by atoms with Gasteiger partial charge in [-0.25, -0.2) is 0 Å². The van der Waals surface area contributed by atoms with E-state index in [2.05, 4.69) is 55.3 Å². The van der Waals surface area contributed by atoms with Gasteiger partial charge in [-0.05, 0) is 44.0 Å². The molecule has 1 heterocycles. The monoisotopic (exact) mass is 276 g/mol. The molecule has 1 aliphatic heterocycles. The van der Waals surface area contributed by atoms with Crippen LogP contribution >= 0.6 is 0 Å². The van der Waals surface area contributed by atoms with E-state index in [-0.39, 0.29) is 0 Å². The number of rotatable bonds is 7. The summed E-state index contributed by atoms with van der Waals surface area (Å²) >= 11 is 0. The van der Waals surface area contributed by atoms with Gasteiger partial charge >= 0.3 is 0 Å². The third kappa shape index (κ3) is 4.80. The molecule has 0 spiro atoms. The Morgan fingerprint density at radius 3 is 2.65 bits per heavy atom. The fourth-order valence-electron chi connectivity index (χ4n) is 2.63. The highest BCUT2D eigenvalue weighted by atomic mass is 16.5. The summed E-state index contributed by atoms with van der Waals surface area (Å²) in [5.74, 6) is 0.977. The molecule has 0 radical (unpaired) electrons. The first kappa shape index (κ1) is 15.3. The third-order valence-corrected chi connectivity index (χ3v) is 3.98. The van der Waals surface area contributed by atoms with Gasteiger partial charge in [-0.15, -0.1) is 0 Å². The Morgan fingerprint density at radius 2 is 2.05 bits per heavy atom. The van der Waals surface area contributed by atoms with Gasteiger partial charge in [-0.3, -0.25) is 4.90 Å². The standard InChI is InChI=1S/C17H28N2O/c1-14(2)18-13-16-6-8-17(9-7-16)20-12-11-19-10-4-5-15(19)3/h6-9,14-15,18H,4-5,10-13H2,1-3H3. The largest absolute Gasteiger partial charge is 0.492 e. The summed E-state index contributed by atoms with van der Waals surface area (Å²) in [6, 6.07) is 9.68. The smallest absolute Gasteiger partial charge is 0.119 e. The summed E-state index contributed by atoms with van der Waals surface area (Å²) in [6.07, 6.45) is 2.66. The number of nitrogens with zero attached hydrogens (tertiary/aromatic N) is 1. The minimum atomic E-state index is 0.522. The highest BCUT2D eigenvalue weighted by Crippen LogP contribution is 2.16. The molecule has 1 saturated heterocycles. The van der Waals surface area contributed by atoms with Crippen molar-refractivity contribution in [1.82, 2.24) is 10.2 Å². The van der Waals surface area contributed by atoms with Crippen LogP contribution in [0.2, 0.25) is 0 Å². The summed E-state index contributed by atoms with van der Waals surface area (Å²) in [7, 11) is 0. The minimum absolute atomic E-state index is 0.522. The molecule has 1 N–H and O–H groups in total. The van der Waals surface area contributed by atoms with E-state index in [9.17, 15) is 0 Å². The van der Waals surface area contributed by atoms with Crippen molar-refractivity contribution in [3.63, 3.8) is 0 Å². The predicted molar refractivity (Wildman–Crippen MR) is 84.2 cm³/mol. The van der Waals surface area contributed by atoms with Crippen molar-refractivity contribution in [2.45, 2.75) is 52.2 Å². The molecule has 112 valence electrons. The van der Waals surface area contributed by atoms with Crippen LogP contribution in [0.25, 0.3) is 0 Å². The van der Waals surface area contributed by atoms with E-state index >= 15 is 0 Å². The van der Waals surface area contributed by atoms with Crippen LogP contribution in [-0.4, -0.2) is 36.7 Å². The Balaban J connectivity index is 1.70. The van der Waals surface area contributed by atoms with Gasteiger partial charge in [0.15, 0.2) is 0 Å². The van der Waals surface area contributed by atoms with Crippen LogP contribution in [-0.2, 0) is 6.54 Å². The molecule has 20 heavy (non-hydrogen) atoms. The van der Waals surface area contributed by atoms with E-state index in [4.69, 9.17) is 4.74 Å².